The fourth-order valence-electron chi connectivity index (χ4n) is 9.59. The molecule has 1 saturated carbocycles. The summed E-state index contributed by atoms with van der Waals surface area (Å²) >= 11 is 0. The maximum absolute atomic E-state index is 2.49. The molecule has 0 N–H and O–H groups in total. The second-order valence-electron chi connectivity index (χ2n) is 16.0. The Morgan fingerprint density at radius 3 is 1.70 bits per heavy atom. The van der Waals surface area contributed by atoms with Gasteiger partial charge in [-0.05, 0) is 139 Å². The van der Waals surface area contributed by atoms with Crippen LogP contribution in [-0.4, -0.2) is 0 Å². The lowest BCUT2D eigenvalue weighted by Crippen LogP contribution is -2.17. The zero-order chi connectivity index (χ0) is 36.2. The van der Waals surface area contributed by atoms with Gasteiger partial charge in [0.2, 0.25) is 0 Å². The van der Waals surface area contributed by atoms with Crippen LogP contribution in [0.2, 0.25) is 0 Å². The maximum atomic E-state index is 2.49. The molecule has 2 aliphatic carbocycles. The van der Waals surface area contributed by atoms with Crippen LogP contribution >= 0.6 is 0 Å². The summed E-state index contributed by atoms with van der Waals surface area (Å²) in [6, 6.07) is 63.4. The molecule has 8 aromatic carbocycles. The first kappa shape index (κ1) is 32.7. The molecule has 0 radical (unpaired) electrons. The summed E-state index contributed by atoms with van der Waals surface area (Å²) in [5.74, 6) is 0.660. The van der Waals surface area contributed by atoms with Gasteiger partial charge in [0.15, 0.2) is 0 Å². The Bertz CT molecular complexity index is 2660. The van der Waals surface area contributed by atoms with Crippen LogP contribution in [0.5, 0.6) is 0 Å². The van der Waals surface area contributed by atoms with Gasteiger partial charge >= 0.3 is 0 Å². The highest BCUT2D eigenvalue weighted by Crippen LogP contribution is 2.54. The Kier molecular flexibility index (Phi) is 7.99. The van der Waals surface area contributed by atoms with Crippen molar-refractivity contribution in [3.63, 3.8) is 0 Å². The second-order valence-corrected chi connectivity index (χ2v) is 16.0. The predicted octanol–water partition coefficient (Wildman–Crippen LogP) is 15.2. The lowest BCUT2D eigenvalue weighted by atomic mass is 9.78. The van der Waals surface area contributed by atoms with Crippen molar-refractivity contribution in [2.45, 2.75) is 57.3 Å². The van der Waals surface area contributed by atoms with Crippen LogP contribution in [0.3, 0.4) is 0 Å². The number of rotatable bonds is 6. The van der Waals surface area contributed by atoms with E-state index in [-0.39, 0.29) is 5.41 Å². The van der Waals surface area contributed by atoms with E-state index in [4.69, 9.17) is 0 Å². The molecule has 0 heterocycles. The number of nitrogens with zero attached hydrogens (tertiary/aromatic N) is 1. The van der Waals surface area contributed by atoms with Crippen LogP contribution in [-0.2, 0) is 5.41 Å². The van der Waals surface area contributed by atoms with Gasteiger partial charge in [0.05, 0.1) is 0 Å². The summed E-state index contributed by atoms with van der Waals surface area (Å²) in [7, 11) is 0. The standard InChI is InChI=1S/C53H45N/c1-53(2)50-23-13-22-46(37-15-5-3-6-16-37)52(50)47-31-30-45(35-51(47)53)54(44-29-24-36-14-9-10-19-40(36)32-44)43-27-25-39(26-28-43)49-34-42-21-12-11-20-41(42)33-48(49)38-17-7-4-8-18-38/h4,7-14,17-35,37H,3,5-6,15-16H2,1-2H3. The maximum Gasteiger partial charge on any atom is 0.0468 e. The molecule has 1 nitrogen and oxygen atoms in total. The number of hydrogen-bond acceptors (Lipinski definition) is 1. The van der Waals surface area contributed by atoms with Crippen LogP contribution in [0.4, 0.5) is 17.1 Å². The molecular formula is C53H45N. The summed E-state index contributed by atoms with van der Waals surface area (Å²) in [5.41, 5.74) is 15.7. The molecule has 8 aromatic rings. The first-order chi connectivity index (χ1) is 26.5. The van der Waals surface area contributed by atoms with E-state index in [0.29, 0.717) is 5.92 Å². The second kappa shape index (κ2) is 13.2. The summed E-state index contributed by atoms with van der Waals surface area (Å²) in [5, 5.41) is 5.00. The van der Waals surface area contributed by atoms with Crippen LogP contribution in [0, 0.1) is 0 Å². The van der Waals surface area contributed by atoms with Crippen LogP contribution in [0.25, 0.3) is 54.9 Å². The smallest absolute Gasteiger partial charge is 0.0468 e. The average Bonchev–Trinajstić information content (AvgIpc) is 3.46. The molecule has 0 aromatic heterocycles. The van der Waals surface area contributed by atoms with Gasteiger partial charge in [-0.15, -0.1) is 0 Å². The van der Waals surface area contributed by atoms with Crippen molar-refractivity contribution in [2.75, 3.05) is 4.90 Å². The first-order valence-electron chi connectivity index (χ1n) is 19.8. The highest BCUT2D eigenvalue weighted by molar-refractivity contribution is 5.97. The van der Waals surface area contributed by atoms with Gasteiger partial charge in [-0.3, -0.25) is 0 Å². The van der Waals surface area contributed by atoms with Gasteiger partial charge in [0, 0.05) is 22.5 Å². The van der Waals surface area contributed by atoms with Gasteiger partial charge in [0.1, 0.15) is 0 Å². The first-order valence-corrected chi connectivity index (χ1v) is 19.8. The lowest BCUT2D eigenvalue weighted by Gasteiger charge is -2.28. The minimum atomic E-state index is -0.0891. The molecule has 0 aliphatic heterocycles. The Morgan fingerprint density at radius 1 is 0.426 bits per heavy atom. The summed E-state index contributed by atoms with van der Waals surface area (Å²) in [6.07, 6.45) is 6.68. The highest BCUT2D eigenvalue weighted by atomic mass is 15.1. The van der Waals surface area contributed by atoms with Gasteiger partial charge in [-0.2, -0.15) is 0 Å². The third kappa shape index (κ3) is 5.53. The third-order valence-corrected chi connectivity index (χ3v) is 12.4. The van der Waals surface area contributed by atoms with Crippen LogP contribution in [0.15, 0.2) is 170 Å². The molecule has 1 fully saturated rings. The quantitative estimate of drug-likeness (QED) is 0.167. The zero-order valence-corrected chi connectivity index (χ0v) is 31.2. The van der Waals surface area contributed by atoms with E-state index >= 15 is 0 Å². The van der Waals surface area contributed by atoms with Gasteiger partial charge in [0.25, 0.3) is 0 Å². The van der Waals surface area contributed by atoms with Crippen molar-refractivity contribution < 1.29 is 0 Å². The van der Waals surface area contributed by atoms with E-state index in [9.17, 15) is 0 Å². The molecule has 0 amide bonds. The molecule has 1 heteroatoms. The minimum Gasteiger partial charge on any atom is -0.310 e. The van der Waals surface area contributed by atoms with E-state index in [1.54, 1.807) is 5.56 Å². The number of benzene rings is 8. The van der Waals surface area contributed by atoms with Gasteiger partial charge in [-0.1, -0.05) is 154 Å². The van der Waals surface area contributed by atoms with Crippen molar-refractivity contribution >= 4 is 38.6 Å². The van der Waals surface area contributed by atoms with Crippen LogP contribution in [0.1, 0.15) is 68.6 Å². The van der Waals surface area contributed by atoms with Crippen molar-refractivity contribution in [1.82, 2.24) is 0 Å². The average molecular weight is 696 g/mol. The Hall–Kier alpha value is -5.92. The molecule has 0 atom stereocenters. The van der Waals surface area contributed by atoms with E-state index < -0.39 is 0 Å². The number of hydrogen-bond donors (Lipinski definition) is 0. The number of anilines is 3. The molecule has 2 aliphatic rings. The summed E-state index contributed by atoms with van der Waals surface area (Å²) in [6.45, 7) is 4.85. The molecule has 0 unspecified atom stereocenters. The Balaban J connectivity index is 1.11. The van der Waals surface area contributed by atoms with E-state index in [1.807, 2.05) is 0 Å². The zero-order valence-electron chi connectivity index (χ0n) is 31.2. The van der Waals surface area contributed by atoms with Gasteiger partial charge < -0.3 is 4.90 Å². The predicted molar refractivity (Wildman–Crippen MR) is 230 cm³/mol. The van der Waals surface area contributed by atoms with Gasteiger partial charge in [-0.25, -0.2) is 0 Å². The summed E-state index contributed by atoms with van der Waals surface area (Å²) in [4.78, 5) is 2.45. The largest absolute Gasteiger partial charge is 0.310 e. The van der Waals surface area contributed by atoms with Crippen LogP contribution < -0.4 is 4.90 Å². The molecule has 262 valence electrons. The van der Waals surface area contributed by atoms with Crippen molar-refractivity contribution in [2.24, 2.45) is 0 Å². The Labute approximate surface area is 319 Å². The molecule has 10 rings (SSSR count). The Morgan fingerprint density at radius 2 is 1.00 bits per heavy atom. The normalized spacial score (nSPS) is 14.9. The topological polar surface area (TPSA) is 3.24 Å². The van der Waals surface area contributed by atoms with E-state index in [2.05, 4.69) is 189 Å². The van der Waals surface area contributed by atoms with E-state index in [1.165, 1.54) is 104 Å². The molecule has 54 heavy (non-hydrogen) atoms. The SMILES string of the molecule is CC1(C)c2cc(N(c3ccc(-c4cc5ccccc5cc4-c4ccccc4)cc3)c3ccc4ccccc4c3)ccc2-c2c(C3CCCCC3)cccc21. The highest BCUT2D eigenvalue weighted by Gasteiger charge is 2.38. The third-order valence-electron chi connectivity index (χ3n) is 12.4. The molecule has 0 spiro atoms. The van der Waals surface area contributed by atoms with E-state index in [0.717, 1.165) is 11.4 Å². The fraction of sp³-hybridized carbons (Fsp3) is 0.170. The molecule has 0 bridgehead atoms. The number of fused-ring (bicyclic) bond motifs is 5. The minimum absolute atomic E-state index is 0.0891. The van der Waals surface area contributed by atoms with Crippen molar-refractivity contribution in [3.8, 4) is 33.4 Å². The lowest BCUT2D eigenvalue weighted by molar-refractivity contribution is 0.444. The fourth-order valence-corrected chi connectivity index (χ4v) is 9.59. The monoisotopic (exact) mass is 695 g/mol. The molecular weight excluding hydrogens is 651 g/mol. The van der Waals surface area contributed by atoms with Crippen molar-refractivity contribution in [1.29, 1.82) is 0 Å². The molecule has 0 saturated heterocycles. The van der Waals surface area contributed by atoms with Crippen molar-refractivity contribution in [3.05, 3.63) is 187 Å². The summed E-state index contributed by atoms with van der Waals surface area (Å²) < 4.78 is 0.